The topological polar surface area (TPSA) is 30.9 Å². The van der Waals surface area contributed by atoms with Crippen molar-refractivity contribution in [3.8, 4) is 0 Å². The van der Waals surface area contributed by atoms with Gasteiger partial charge in [-0.25, -0.2) is 0 Å². The summed E-state index contributed by atoms with van der Waals surface area (Å²) in [6, 6.07) is -1.37. The van der Waals surface area contributed by atoms with Crippen LogP contribution in [0.2, 0.25) is 0 Å². The van der Waals surface area contributed by atoms with Crippen LogP contribution in [0.25, 0.3) is 0 Å². The van der Waals surface area contributed by atoms with Crippen LogP contribution in [-0.2, 0) is 0 Å². The average molecular weight is 474 g/mol. The van der Waals surface area contributed by atoms with Crippen molar-refractivity contribution in [2.75, 3.05) is 39.8 Å². The van der Waals surface area contributed by atoms with Gasteiger partial charge in [0.15, 0.2) is 5.96 Å². The Morgan fingerprint density at radius 1 is 1.20 bits per heavy atom. The van der Waals surface area contributed by atoms with Crippen LogP contribution in [0.4, 0.5) is 13.2 Å². The summed E-state index contributed by atoms with van der Waals surface area (Å²) in [5.41, 5.74) is 0.461. The van der Waals surface area contributed by atoms with E-state index in [2.05, 4.69) is 15.2 Å². The Balaban J connectivity index is 0.00000225. The van der Waals surface area contributed by atoms with Crippen LogP contribution in [0, 0.1) is 11.3 Å². The first kappa shape index (κ1) is 21.1. The maximum Gasteiger partial charge on any atom is 0.403 e. The fourth-order valence-corrected chi connectivity index (χ4v) is 4.17. The number of hydrogen-bond acceptors (Lipinski definition) is 2. The molecule has 1 atom stereocenters. The Morgan fingerprint density at radius 2 is 1.80 bits per heavy atom. The quantitative estimate of drug-likeness (QED) is 0.386. The SMILES string of the molecule is CN=C(NCC1(C2CC2)CCC1)N1CCN(C(C)C(F)(F)F)CC1.I. The third kappa shape index (κ3) is 4.73. The second-order valence-electron chi connectivity index (χ2n) is 7.63. The van der Waals surface area contributed by atoms with Gasteiger partial charge in [-0.2, -0.15) is 13.2 Å². The van der Waals surface area contributed by atoms with E-state index in [1.807, 2.05) is 0 Å². The Morgan fingerprint density at radius 3 is 2.20 bits per heavy atom. The van der Waals surface area contributed by atoms with Gasteiger partial charge in [-0.1, -0.05) is 6.42 Å². The molecular formula is C17H30F3IN4. The summed E-state index contributed by atoms with van der Waals surface area (Å²) in [6.45, 7) is 4.25. The Kier molecular flexibility index (Phi) is 6.89. The van der Waals surface area contributed by atoms with E-state index < -0.39 is 12.2 Å². The largest absolute Gasteiger partial charge is 0.403 e. The number of nitrogens with zero attached hydrogens (tertiary/aromatic N) is 3. The minimum absolute atomic E-state index is 0. The van der Waals surface area contributed by atoms with Gasteiger partial charge in [0.1, 0.15) is 6.04 Å². The van der Waals surface area contributed by atoms with Crippen molar-refractivity contribution >= 4 is 29.9 Å². The molecule has 0 aromatic heterocycles. The Hall–Kier alpha value is -0.250. The molecule has 3 rings (SSSR count). The molecule has 0 amide bonds. The predicted octanol–water partition coefficient (Wildman–Crippen LogP) is 3.33. The van der Waals surface area contributed by atoms with Crippen molar-refractivity contribution in [1.29, 1.82) is 0 Å². The van der Waals surface area contributed by atoms with Gasteiger partial charge < -0.3 is 10.2 Å². The van der Waals surface area contributed by atoms with E-state index in [9.17, 15) is 13.2 Å². The summed E-state index contributed by atoms with van der Waals surface area (Å²) in [5.74, 6) is 1.72. The Bertz CT molecular complexity index is 467. The van der Waals surface area contributed by atoms with E-state index in [0.717, 1.165) is 18.4 Å². The average Bonchev–Trinajstić information content (AvgIpc) is 3.34. The summed E-state index contributed by atoms with van der Waals surface area (Å²) in [4.78, 5) is 7.97. The number of guanidine groups is 1. The standard InChI is InChI=1S/C17H29F3N4.HI/c1-13(17(18,19)20)23-8-10-24(11-9-23)15(21-2)22-12-16(6-3-7-16)14-4-5-14;/h13-14H,3-12H2,1-2H3,(H,21,22);1H. The molecule has 3 aliphatic rings. The minimum Gasteiger partial charge on any atom is -0.356 e. The van der Waals surface area contributed by atoms with Crippen molar-refractivity contribution in [2.24, 2.45) is 16.3 Å². The second kappa shape index (κ2) is 8.19. The molecule has 8 heteroatoms. The van der Waals surface area contributed by atoms with Crippen molar-refractivity contribution in [2.45, 2.75) is 51.2 Å². The van der Waals surface area contributed by atoms with Crippen molar-refractivity contribution < 1.29 is 13.2 Å². The zero-order valence-electron chi connectivity index (χ0n) is 15.1. The molecule has 0 spiro atoms. The molecule has 0 aromatic carbocycles. The molecule has 4 nitrogen and oxygen atoms in total. The van der Waals surface area contributed by atoms with Crippen LogP contribution in [0.5, 0.6) is 0 Å². The van der Waals surface area contributed by atoms with Gasteiger partial charge in [0.25, 0.3) is 0 Å². The van der Waals surface area contributed by atoms with E-state index in [1.54, 1.807) is 7.05 Å². The highest BCUT2D eigenvalue weighted by molar-refractivity contribution is 14.0. The predicted molar refractivity (Wildman–Crippen MR) is 104 cm³/mol. The maximum absolute atomic E-state index is 12.8. The van der Waals surface area contributed by atoms with E-state index in [0.29, 0.717) is 31.6 Å². The van der Waals surface area contributed by atoms with Gasteiger partial charge >= 0.3 is 6.18 Å². The van der Waals surface area contributed by atoms with Gasteiger partial charge in [0, 0.05) is 39.8 Å². The molecule has 1 N–H and O–H groups in total. The molecule has 1 heterocycles. The van der Waals surface area contributed by atoms with Gasteiger partial charge in [-0.15, -0.1) is 24.0 Å². The monoisotopic (exact) mass is 474 g/mol. The van der Waals surface area contributed by atoms with Crippen molar-refractivity contribution in [3.05, 3.63) is 0 Å². The van der Waals surface area contributed by atoms with Crippen LogP contribution in [-0.4, -0.2) is 67.7 Å². The summed E-state index contributed by atoms with van der Waals surface area (Å²) in [6.07, 6.45) is 2.49. The van der Waals surface area contributed by atoms with Crippen LogP contribution in [0.3, 0.4) is 0 Å². The molecule has 0 radical (unpaired) electrons. The van der Waals surface area contributed by atoms with Crippen LogP contribution >= 0.6 is 24.0 Å². The van der Waals surface area contributed by atoms with E-state index in [4.69, 9.17) is 0 Å². The van der Waals surface area contributed by atoms with E-state index in [1.165, 1.54) is 43.9 Å². The molecular weight excluding hydrogens is 444 g/mol. The lowest BCUT2D eigenvalue weighted by Crippen LogP contribution is -2.57. The third-order valence-corrected chi connectivity index (χ3v) is 6.24. The highest BCUT2D eigenvalue weighted by Crippen LogP contribution is 2.56. The first-order valence-electron chi connectivity index (χ1n) is 9.12. The highest BCUT2D eigenvalue weighted by Gasteiger charge is 2.49. The molecule has 146 valence electrons. The fraction of sp³-hybridized carbons (Fsp3) is 0.941. The second-order valence-corrected chi connectivity index (χ2v) is 7.63. The molecule has 1 unspecified atom stereocenters. The van der Waals surface area contributed by atoms with Crippen molar-refractivity contribution in [3.63, 3.8) is 0 Å². The van der Waals surface area contributed by atoms with Gasteiger partial charge in [-0.05, 0) is 43.9 Å². The maximum atomic E-state index is 12.8. The lowest BCUT2D eigenvalue weighted by molar-refractivity contribution is -0.181. The lowest BCUT2D eigenvalue weighted by Gasteiger charge is -2.44. The summed E-state index contributed by atoms with van der Waals surface area (Å²) in [5, 5.41) is 3.51. The number of piperazine rings is 1. The van der Waals surface area contributed by atoms with Gasteiger partial charge in [0.05, 0.1) is 0 Å². The van der Waals surface area contributed by atoms with E-state index >= 15 is 0 Å². The highest BCUT2D eigenvalue weighted by atomic mass is 127. The molecule has 0 aromatic rings. The molecule has 3 fully saturated rings. The van der Waals surface area contributed by atoms with Crippen LogP contribution < -0.4 is 5.32 Å². The number of hydrogen-bond donors (Lipinski definition) is 1. The lowest BCUT2D eigenvalue weighted by atomic mass is 9.65. The van der Waals surface area contributed by atoms with Crippen LogP contribution in [0.1, 0.15) is 39.0 Å². The molecule has 2 aliphatic carbocycles. The minimum atomic E-state index is -4.15. The zero-order valence-corrected chi connectivity index (χ0v) is 17.4. The number of nitrogens with one attached hydrogen (secondary N) is 1. The molecule has 2 saturated carbocycles. The van der Waals surface area contributed by atoms with Gasteiger partial charge in [0.2, 0.25) is 0 Å². The number of aliphatic imine (C=N–C) groups is 1. The molecule has 1 saturated heterocycles. The first-order valence-corrected chi connectivity index (χ1v) is 9.12. The molecule has 25 heavy (non-hydrogen) atoms. The smallest absolute Gasteiger partial charge is 0.356 e. The zero-order chi connectivity index (χ0) is 17.4. The summed E-state index contributed by atoms with van der Waals surface area (Å²) >= 11 is 0. The van der Waals surface area contributed by atoms with E-state index in [-0.39, 0.29) is 24.0 Å². The fourth-order valence-electron chi connectivity index (χ4n) is 4.17. The summed E-state index contributed by atoms with van der Waals surface area (Å²) in [7, 11) is 1.76. The first-order chi connectivity index (χ1) is 11.4. The third-order valence-electron chi connectivity index (χ3n) is 6.24. The van der Waals surface area contributed by atoms with Gasteiger partial charge in [-0.3, -0.25) is 9.89 Å². The number of halogens is 4. The molecule has 0 bridgehead atoms. The molecule has 1 aliphatic heterocycles. The number of alkyl halides is 3. The van der Waals surface area contributed by atoms with Crippen molar-refractivity contribution in [1.82, 2.24) is 15.1 Å². The summed E-state index contributed by atoms with van der Waals surface area (Å²) < 4.78 is 38.5. The number of rotatable bonds is 4. The normalized spacial score (nSPS) is 25.8. The van der Waals surface area contributed by atoms with Crippen LogP contribution in [0.15, 0.2) is 4.99 Å². The Labute approximate surface area is 165 Å².